The summed E-state index contributed by atoms with van der Waals surface area (Å²) in [6.07, 6.45) is 2.14. The molecule has 2 unspecified atom stereocenters. The fourth-order valence-corrected chi connectivity index (χ4v) is 2.21. The summed E-state index contributed by atoms with van der Waals surface area (Å²) < 4.78 is 0. The van der Waals surface area contributed by atoms with Crippen LogP contribution < -0.4 is 10.6 Å². The molecule has 4 N–H and O–H groups in total. The minimum atomic E-state index is -1.25. The molecule has 18 heavy (non-hydrogen) atoms. The molecule has 0 saturated carbocycles. The summed E-state index contributed by atoms with van der Waals surface area (Å²) in [5.74, 6) is 0.246. The average Bonchev–Trinajstić information content (AvgIpc) is 2.37. The molecular weight excluding hydrogens is 232 g/mol. The monoisotopic (exact) mass is 258 g/mol. The van der Waals surface area contributed by atoms with Crippen molar-refractivity contribution in [2.75, 3.05) is 26.2 Å². The zero-order valence-electron chi connectivity index (χ0n) is 11.6. The van der Waals surface area contributed by atoms with Crippen LogP contribution in [0.1, 0.15) is 33.6 Å². The average molecular weight is 258 g/mol. The molecule has 5 heteroatoms. The first kappa shape index (κ1) is 15.4. The SMILES string of the molecule is CC(O)(CO)CNC(=O)C(C)(C)C1CCCNC1. The third-order valence-corrected chi connectivity index (χ3v) is 3.87. The summed E-state index contributed by atoms with van der Waals surface area (Å²) in [6.45, 7) is 6.97. The normalized spacial score (nSPS) is 24.4. The van der Waals surface area contributed by atoms with Gasteiger partial charge < -0.3 is 20.8 Å². The van der Waals surface area contributed by atoms with Crippen LogP contribution in [0, 0.1) is 11.3 Å². The van der Waals surface area contributed by atoms with E-state index in [-0.39, 0.29) is 19.1 Å². The van der Waals surface area contributed by atoms with Crippen LogP contribution in [0.15, 0.2) is 0 Å². The van der Waals surface area contributed by atoms with Crippen LogP contribution in [-0.4, -0.2) is 48.0 Å². The Labute approximate surface area is 109 Å². The summed E-state index contributed by atoms with van der Waals surface area (Å²) in [6, 6.07) is 0. The van der Waals surface area contributed by atoms with Crippen LogP contribution in [0.2, 0.25) is 0 Å². The molecule has 1 aliphatic rings. The highest BCUT2D eigenvalue weighted by Gasteiger charge is 2.37. The van der Waals surface area contributed by atoms with Gasteiger partial charge in [-0.1, -0.05) is 13.8 Å². The molecule has 0 aromatic carbocycles. The van der Waals surface area contributed by atoms with E-state index in [1.54, 1.807) is 0 Å². The van der Waals surface area contributed by atoms with Gasteiger partial charge in [0.15, 0.2) is 0 Å². The maximum atomic E-state index is 12.2. The van der Waals surface area contributed by atoms with Gasteiger partial charge in [-0.05, 0) is 38.8 Å². The Morgan fingerprint density at radius 1 is 1.44 bits per heavy atom. The molecule has 0 bridgehead atoms. The third-order valence-electron chi connectivity index (χ3n) is 3.87. The van der Waals surface area contributed by atoms with Crippen molar-refractivity contribution < 1.29 is 15.0 Å². The van der Waals surface area contributed by atoms with Crippen molar-refractivity contribution in [1.29, 1.82) is 0 Å². The molecule has 0 aliphatic carbocycles. The first-order valence-electron chi connectivity index (χ1n) is 6.62. The second-order valence-electron chi connectivity index (χ2n) is 6.10. The summed E-state index contributed by atoms with van der Waals surface area (Å²) in [5.41, 5.74) is -1.71. The van der Waals surface area contributed by atoms with Crippen molar-refractivity contribution in [3.8, 4) is 0 Å². The lowest BCUT2D eigenvalue weighted by Gasteiger charge is -2.36. The number of aliphatic hydroxyl groups is 2. The van der Waals surface area contributed by atoms with E-state index in [1.807, 2.05) is 13.8 Å². The number of carbonyl (C=O) groups is 1. The molecule has 1 amide bonds. The van der Waals surface area contributed by atoms with Crippen LogP contribution in [0.4, 0.5) is 0 Å². The number of carbonyl (C=O) groups excluding carboxylic acids is 1. The number of piperidine rings is 1. The van der Waals surface area contributed by atoms with Crippen molar-refractivity contribution in [2.45, 2.75) is 39.2 Å². The third kappa shape index (κ3) is 3.93. The van der Waals surface area contributed by atoms with E-state index >= 15 is 0 Å². The van der Waals surface area contributed by atoms with Gasteiger partial charge in [-0.3, -0.25) is 4.79 Å². The largest absolute Gasteiger partial charge is 0.393 e. The number of nitrogens with one attached hydrogen (secondary N) is 2. The van der Waals surface area contributed by atoms with Gasteiger partial charge in [0.1, 0.15) is 5.60 Å². The van der Waals surface area contributed by atoms with Crippen molar-refractivity contribution in [3.63, 3.8) is 0 Å². The highest BCUT2D eigenvalue weighted by molar-refractivity contribution is 5.82. The van der Waals surface area contributed by atoms with Gasteiger partial charge in [-0.2, -0.15) is 0 Å². The van der Waals surface area contributed by atoms with Gasteiger partial charge in [0.25, 0.3) is 0 Å². The zero-order chi connectivity index (χ0) is 13.8. The number of hydrogen-bond acceptors (Lipinski definition) is 4. The molecular formula is C13H26N2O3. The van der Waals surface area contributed by atoms with E-state index in [4.69, 9.17) is 5.11 Å². The summed E-state index contributed by atoms with van der Waals surface area (Å²) in [5, 5.41) is 24.7. The fourth-order valence-electron chi connectivity index (χ4n) is 2.21. The van der Waals surface area contributed by atoms with Crippen LogP contribution in [-0.2, 0) is 4.79 Å². The lowest BCUT2D eigenvalue weighted by Crippen LogP contribution is -2.51. The Balaban J connectivity index is 2.53. The number of hydrogen-bond donors (Lipinski definition) is 4. The van der Waals surface area contributed by atoms with Crippen LogP contribution in [0.25, 0.3) is 0 Å². The standard InChI is InChI=1S/C13H26N2O3/c1-12(2,10-5-4-6-14-7-10)11(17)15-8-13(3,18)9-16/h10,14,16,18H,4-9H2,1-3H3,(H,15,17). The molecule has 1 saturated heterocycles. The molecule has 1 rings (SSSR count). The maximum absolute atomic E-state index is 12.2. The van der Waals surface area contributed by atoms with E-state index in [1.165, 1.54) is 6.92 Å². The molecule has 0 radical (unpaired) electrons. The Morgan fingerprint density at radius 3 is 2.61 bits per heavy atom. The summed E-state index contributed by atoms with van der Waals surface area (Å²) >= 11 is 0. The van der Waals surface area contributed by atoms with Crippen LogP contribution in [0.5, 0.6) is 0 Å². The molecule has 5 nitrogen and oxygen atoms in total. The Bertz CT molecular complexity index is 284. The predicted molar refractivity (Wildman–Crippen MR) is 70.1 cm³/mol. The molecule has 0 aromatic heterocycles. The minimum Gasteiger partial charge on any atom is -0.393 e. The molecule has 0 spiro atoms. The Morgan fingerprint density at radius 2 is 2.11 bits per heavy atom. The van der Waals surface area contributed by atoms with Crippen molar-refractivity contribution in [3.05, 3.63) is 0 Å². The number of amides is 1. The number of aliphatic hydroxyl groups excluding tert-OH is 1. The second-order valence-corrected chi connectivity index (χ2v) is 6.10. The van der Waals surface area contributed by atoms with Gasteiger partial charge >= 0.3 is 0 Å². The highest BCUT2D eigenvalue weighted by Crippen LogP contribution is 2.31. The first-order chi connectivity index (χ1) is 8.29. The van der Waals surface area contributed by atoms with E-state index in [2.05, 4.69) is 10.6 Å². The molecule has 0 aromatic rings. The predicted octanol–water partition coefficient (Wildman–Crippen LogP) is -0.128. The van der Waals surface area contributed by atoms with Gasteiger partial charge in [0.05, 0.1) is 6.61 Å². The van der Waals surface area contributed by atoms with Gasteiger partial charge in [-0.15, -0.1) is 0 Å². The fraction of sp³-hybridized carbons (Fsp3) is 0.923. The molecule has 2 atom stereocenters. The lowest BCUT2D eigenvalue weighted by atomic mass is 9.74. The maximum Gasteiger partial charge on any atom is 0.226 e. The van der Waals surface area contributed by atoms with Crippen LogP contribution in [0.3, 0.4) is 0 Å². The van der Waals surface area contributed by atoms with Gasteiger partial charge in [0, 0.05) is 12.0 Å². The quantitative estimate of drug-likeness (QED) is 0.554. The molecule has 106 valence electrons. The second kappa shape index (κ2) is 5.99. The van der Waals surface area contributed by atoms with Gasteiger partial charge in [0.2, 0.25) is 5.91 Å². The zero-order valence-corrected chi connectivity index (χ0v) is 11.6. The molecule has 1 aliphatic heterocycles. The lowest BCUT2D eigenvalue weighted by molar-refractivity contribution is -0.134. The van der Waals surface area contributed by atoms with Crippen molar-refractivity contribution in [1.82, 2.24) is 10.6 Å². The van der Waals surface area contributed by atoms with Crippen molar-refractivity contribution in [2.24, 2.45) is 11.3 Å². The Hall–Kier alpha value is -0.650. The van der Waals surface area contributed by atoms with E-state index < -0.39 is 11.0 Å². The van der Waals surface area contributed by atoms with Crippen LogP contribution >= 0.6 is 0 Å². The highest BCUT2D eigenvalue weighted by atomic mass is 16.3. The molecule has 1 heterocycles. The van der Waals surface area contributed by atoms with E-state index in [0.29, 0.717) is 5.92 Å². The topological polar surface area (TPSA) is 81.6 Å². The number of rotatable bonds is 5. The summed E-state index contributed by atoms with van der Waals surface area (Å²) in [7, 11) is 0. The van der Waals surface area contributed by atoms with E-state index in [9.17, 15) is 9.90 Å². The first-order valence-corrected chi connectivity index (χ1v) is 6.62. The van der Waals surface area contributed by atoms with E-state index in [0.717, 1.165) is 25.9 Å². The van der Waals surface area contributed by atoms with Gasteiger partial charge in [-0.25, -0.2) is 0 Å². The Kier molecular flexibility index (Phi) is 5.13. The minimum absolute atomic E-state index is 0.0649. The summed E-state index contributed by atoms with van der Waals surface area (Å²) in [4.78, 5) is 12.2. The smallest absolute Gasteiger partial charge is 0.226 e. The molecule has 1 fully saturated rings. The van der Waals surface area contributed by atoms with Crippen molar-refractivity contribution >= 4 is 5.91 Å².